The number of aliphatic hydroxyl groups is 1. The van der Waals surface area contributed by atoms with E-state index in [1.165, 1.54) is 0 Å². The van der Waals surface area contributed by atoms with Crippen molar-refractivity contribution in [3.8, 4) is 0 Å². The molecule has 0 aromatic heterocycles. The minimum Gasteiger partial charge on any atom is -0.481 e. The zero-order valence-electron chi connectivity index (χ0n) is 7.55. The fraction of sp³-hybridized carbons (Fsp3) is 0.750. The summed E-state index contributed by atoms with van der Waals surface area (Å²) in [5, 5.41) is 26.9. The Morgan fingerprint density at radius 1 is 1.40 bits per heavy atom. The average molecular weight is 219 g/mol. The van der Waals surface area contributed by atoms with Crippen LogP contribution in [0.1, 0.15) is 6.42 Å². The molecule has 5 N–H and O–H groups in total. The van der Waals surface area contributed by atoms with E-state index in [9.17, 15) is 19.1 Å². The normalized spacial score (nSPS) is 52.3. The number of aliphatic carboxylic acids is 2. The lowest BCUT2D eigenvalue weighted by atomic mass is 9.95. The van der Waals surface area contributed by atoms with Gasteiger partial charge >= 0.3 is 11.9 Å². The van der Waals surface area contributed by atoms with Crippen molar-refractivity contribution in [2.24, 2.45) is 23.5 Å². The van der Waals surface area contributed by atoms with E-state index in [2.05, 4.69) is 0 Å². The Morgan fingerprint density at radius 3 is 2.27 bits per heavy atom. The van der Waals surface area contributed by atoms with E-state index in [-0.39, 0.29) is 6.42 Å². The van der Waals surface area contributed by atoms with E-state index in [4.69, 9.17) is 15.9 Å². The second-order valence-corrected chi connectivity index (χ2v) is 4.22. The first-order valence-electron chi connectivity index (χ1n) is 4.39. The summed E-state index contributed by atoms with van der Waals surface area (Å²) in [5.41, 5.74) is 0.563. The maximum absolute atomic E-state index is 13.7. The van der Waals surface area contributed by atoms with Gasteiger partial charge in [0, 0.05) is 12.3 Å². The zero-order chi connectivity index (χ0) is 11.6. The van der Waals surface area contributed by atoms with Gasteiger partial charge < -0.3 is 21.1 Å². The molecule has 2 aliphatic carbocycles. The largest absolute Gasteiger partial charge is 0.481 e. The Bertz CT molecular complexity index is 357. The van der Waals surface area contributed by atoms with Crippen LogP contribution >= 0.6 is 0 Å². The van der Waals surface area contributed by atoms with Crippen LogP contribution in [0.4, 0.5) is 4.39 Å². The zero-order valence-corrected chi connectivity index (χ0v) is 7.55. The molecule has 0 aromatic carbocycles. The number of carbonyl (C=O) groups is 2. The maximum Gasteiger partial charge on any atom is 0.342 e. The summed E-state index contributed by atoms with van der Waals surface area (Å²) in [4.78, 5) is 21.3. The highest BCUT2D eigenvalue weighted by molar-refractivity contribution is 5.86. The molecule has 0 heterocycles. The second kappa shape index (κ2) is 2.48. The van der Waals surface area contributed by atoms with Crippen LogP contribution in [0.5, 0.6) is 0 Å². The maximum atomic E-state index is 13.7. The minimum atomic E-state index is -2.69. The van der Waals surface area contributed by atoms with E-state index in [0.29, 0.717) is 0 Å². The molecule has 0 saturated heterocycles. The Balaban J connectivity index is 2.34. The van der Waals surface area contributed by atoms with Crippen LogP contribution in [-0.2, 0) is 9.59 Å². The second-order valence-electron chi connectivity index (χ2n) is 4.22. The molecular weight excluding hydrogens is 209 g/mol. The molecule has 0 aromatic rings. The predicted molar refractivity (Wildman–Crippen MR) is 43.3 cm³/mol. The Morgan fingerprint density at radius 2 is 1.93 bits per heavy atom. The van der Waals surface area contributed by atoms with E-state index < -0.39 is 41.1 Å². The van der Waals surface area contributed by atoms with Crippen LogP contribution in [0.2, 0.25) is 0 Å². The topological polar surface area (TPSA) is 121 Å². The standard InChI is InChI=1S/C8H10FNO5/c9-8(6(13)14)3-2(5(11)12)1-7(10,15)4(3)8/h2-4,15H,1,10H2,(H,11,12)(H,13,14). The highest BCUT2D eigenvalue weighted by Gasteiger charge is 2.84. The van der Waals surface area contributed by atoms with Crippen molar-refractivity contribution in [2.75, 3.05) is 0 Å². The molecule has 0 amide bonds. The first-order chi connectivity index (χ1) is 6.73. The van der Waals surface area contributed by atoms with Gasteiger partial charge in [0.05, 0.1) is 11.8 Å². The van der Waals surface area contributed by atoms with Crippen LogP contribution in [0, 0.1) is 17.8 Å². The first-order valence-corrected chi connectivity index (χ1v) is 4.39. The van der Waals surface area contributed by atoms with Crippen LogP contribution in [0.15, 0.2) is 0 Å². The number of nitrogens with two attached hydrogens (primary N) is 1. The molecule has 2 saturated carbocycles. The molecule has 0 aliphatic heterocycles. The highest BCUT2D eigenvalue weighted by Crippen LogP contribution is 2.68. The third-order valence-electron chi connectivity index (χ3n) is 3.35. The fourth-order valence-corrected chi connectivity index (χ4v) is 2.71. The van der Waals surface area contributed by atoms with Gasteiger partial charge in [0.25, 0.3) is 0 Å². The van der Waals surface area contributed by atoms with Crippen LogP contribution in [0.3, 0.4) is 0 Å². The van der Waals surface area contributed by atoms with Crippen LogP contribution in [0.25, 0.3) is 0 Å². The molecule has 5 atom stereocenters. The number of fused-ring (bicyclic) bond motifs is 1. The number of carboxylic acids is 2. The molecule has 2 aliphatic rings. The molecule has 5 unspecified atom stereocenters. The van der Waals surface area contributed by atoms with Gasteiger partial charge in [-0.15, -0.1) is 0 Å². The Kier molecular flexibility index (Phi) is 1.70. The number of alkyl halides is 1. The van der Waals surface area contributed by atoms with Crippen molar-refractivity contribution in [1.82, 2.24) is 0 Å². The van der Waals surface area contributed by atoms with Gasteiger partial charge in [-0.1, -0.05) is 0 Å². The van der Waals surface area contributed by atoms with Gasteiger partial charge in [-0.2, -0.15) is 0 Å². The molecule has 2 fully saturated rings. The lowest BCUT2D eigenvalue weighted by Gasteiger charge is -2.23. The average Bonchev–Trinajstić information content (AvgIpc) is 2.58. The lowest BCUT2D eigenvalue weighted by molar-refractivity contribution is -0.152. The minimum absolute atomic E-state index is 0.309. The van der Waals surface area contributed by atoms with Crippen molar-refractivity contribution in [2.45, 2.75) is 17.8 Å². The van der Waals surface area contributed by atoms with Gasteiger partial charge in [0.1, 0.15) is 5.72 Å². The monoisotopic (exact) mass is 219 g/mol. The number of hydrogen-bond donors (Lipinski definition) is 4. The van der Waals surface area contributed by atoms with Crippen molar-refractivity contribution in [1.29, 1.82) is 0 Å². The molecular formula is C8H10FNO5. The van der Waals surface area contributed by atoms with Crippen molar-refractivity contribution in [3.05, 3.63) is 0 Å². The van der Waals surface area contributed by atoms with Gasteiger partial charge in [-0.05, 0) is 0 Å². The molecule has 0 bridgehead atoms. The number of hydrogen-bond acceptors (Lipinski definition) is 4. The summed E-state index contributed by atoms with van der Waals surface area (Å²) in [6, 6.07) is 0. The number of carboxylic acid groups (broad SMARTS) is 2. The third-order valence-corrected chi connectivity index (χ3v) is 3.35. The van der Waals surface area contributed by atoms with Gasteiger partial charge in [0.2, 0.25) is 5.67 Å². The molecule has 7 heteroatoms. The molecule has 84 valence electrons. The summed E-state index contributed by atoms with van der Waals surface area (Å²) in [6.07, 6.45) is -0.309. The fourth-order valence-electron chi connectivity index (χ4n) is 2.71. The van der Waals surface area contributed by atoms with Crippen molar-refractivity contribution in [3.63, 3.8) is 0 Å². The van der Waals surface area contributed by atoms with Gasteiger partial charge in [-0.25, -0.2) is 9.18 Å². The van der Waals surface area contributed by atoms with Crippen molar-refractivity contribution >= 4 is 11.9 Å². The van der Waals surface area contributed by atoms with Gasteiger partial charge in [0.15, 0.2) is 0 Å². The quantitative estimate of drug-likeness (QED) is 0.432. The van der Waals surface area contributed by atoms with Crippen molar-refractivity contribution < 1.29 is 29.3 Å². The summed E-state index contributed by atoms with van der Waals surface area (Å²) in [5.74, 6) is -6.85. The molecule has 6 nitrogen and oxygen atoms in total. The number of rotatable bonds is 2. The number of halogens is 1. The summed E-state index contributed by atoms with van der Waals surface area (Å²) < 4.78 is 13.7. The van der Waals surface area contributed by atoms with Gasteiger partial charge in [-0.3, -0.25) is 4.79 Å². The SMILES string of the molecule is NC1(O)CC(C(=O)O)C2C1C2(F)C(=O)O. The Hall–Kier alpha value is -1.21. The predicted octanol–water partition coefficient (Wildman–Crippen LogP) is -1.22. The summed E-state index contributed by atoms with van der Waals surface area (Å²) in [6.45, 7) is 0. The Labute approximate surface area is 83.5 Å². The third kappa shape index (κ3) is 1.04. The molecule has 15 heavy (non-hydrogen) atoms. The molecule has 0 radical (unpaired) electrons. The molecule has 0 spiro atoms. The van der Waals surface area contributed by atoms with Crippen LogP contribution < -0.4 is 5.73 Å². The van der Waals surface area contributed by atoms with E-state index in [0.717, 1.165) is 0 Å². The van der Waals surface area contributed by atoms with E-state index in [1.54, 1.807) is 0 Å². The van der Waals surface area contributed by atoms with Crippen LogP contribution in [-0.4, -0.2) is 38.7 Å². The smallest absolute Gasteiger partial charge is 0.342 e. The van der Waals surface area contributed by atoms with E-state index in [1.807, 2.05) is 0 Å². The van der Waals surface area contributed by atoms with E-state index >= 15 is 0 Å². The summed E-state index contributed by atoms with van der Waals surface area (Å²) >= 11 is 0. The summed E-state index contributed by atoms with van der Waals surface area (Å²) in [7, 11) is 0. The highest BCUT2D eigenvalue weighted by atomic mass is 19.1. The lowest BCUT2D eigenvalue weighted by Crippen LogP contribution is -2.46. The first kappa shape index (κ1) is 10.3. The molecule has 2 rings (SSSR count).